The number of hydrogen-bond acceptors (Lipinski definition) is 6. The molecule has 0 bridgehead atoms. The summed E-state index contributed by atoms with van der Waals surface area (Å²) in [6.45, 7) is 3.96. The molecule has 108 valence electrons. The Kier molecular flexibility index (Phi) is 3.50. The van der Waals surface area contributed by atoms with E-state index in [9.17, 15) is 4.79 Å². The SMILES string of the molecule is Cc1ccc2c(CSc3nnnn3C)cc(=O)oc2c1C. The minimum absolute atomic E-state index is 0.331. The van der Waals surface area contributed by atoms with Crippen molar-refractivity contribution in [2.75, 3.05) is 0 Å². The van der Waals surface area contributed by atoms with E-state index >= 15 is 0 Å². The van der Waals surface area contributed by atoms with E-state index in [4.69, 9.17) is 4.42 Å². The van der Waals surface area contributed by atoms with Crippen LogP contribution in [-0.4, -0.2) is 20.2 Å². The van der Waals surface area contributed by atoms with Gasteiger partial charge in [-0.2, -0.15) is 0 Å². The van der Waals surface area contributed by atoms with Crippen LogP contribution >= 0.6 is 11.8 Å². The molecule has 2 aromatic heterocycles. The highest BCUT2D eigenvalue weighted by molar-refractivity contribution is 7.98. The quantitative estimate of drug-likeness (QED) is 0.545. The smallest absolute Gasteiger partial charge is 0.336 e. The summed E-state index contributed by atoms with van der Waals surface area (Å²) < 4.78 is 6.97. The Morgan fingerprint density at radius 1 is 1.33 bits per heavy atom. The molecule has 0 aliphatic carbocycles. The molecule has 0 saturated heterocycles. The Hall–Kier alpha value is -2.15. The van der Waals surface area contributed by atoms with Gasteiger partial charge in [0.1, 0.15) is 5.58 Å². The summed E-state index contributed by atoms with van der Waals surface area (Å²) in [5.74, 6) is 0.610. The van der Waals surface area contributed by atoms with Crippen LogP contribution in [0.1, 0.15) is 16.7 Å². The van der Waals surface area contributed by atoms with Crippen LogP contribution in [0.5, 0.6) is 0 Å². The molecule has 21 heavy (non-hydrogen) atoms. The van der Waals surface area contributed by atoms with Crippen LogP contribution in [0.25, 0.3) is 11.0 Å². The highest BCUT2D eigenvalue weighted by Crippen LogP contribution is 2.27. The molecule has 2 heterocycles. The van der Waals surface area contributed by atoms with Gasteiger partial charge in [0.15, 0.2) is 0 Å². The maximum absolute atomic E-state index is 11.8. The summed E-state index contributed by atoms with van der Waals surface area (Å²) in [5.41, 5.74) is 3.36. The third-order valence-corrected chi connectivity index (χ3v) is 4.51. The van der Waals surface area contributed by atoms with Gasteiger partial charge in [0.25, 0.3) is 0 Å². The number of hydrogen-bond donors (Lipinski definition) is 0. The monoisotopic (exact) mass is 302 g/mol. The van der Waals surface area contributed by atoms with Crippen LogP contribution in [0.3, 0.4) is 0 Å². The summed E-state index contributed by atoms with van der Waals surface area (Å²) >= 11 is 1.49. The predicted molar refractivity (Wildman–Crippen MR) is 80.3 cm³/mol. The lowest BCUT2D eigenvalue weighted by atomic mass is 10.0. The van der Waals surface area contributed by atoms with E-state index in [1.54, 1.807) is 11.7 Å². The predicted octanol–water partition coefficient (Wildman–Crippen LogP) is 2.23. The van der Waals surface area contributed by atoms with Crippen LogP contribution in [0.15, 0.2) is 32.6 Å². The molecule has 7 heteroatoms. The zero-order valence-corrected chi connectivity index (χ0v) is 12.8. The maximum Gasteiger partial charge on any atom is 0.336 e. The minimum atomic E-state index is -0.331. The van der Waals surface area contributed by atoms with E-state index in [0.29, 0.717) is 16.5 Å². The first kappa shape index (κ1) is 13.8. The van der Waals surface area contributed by atoms with Crippen LogP contribution in [0.4, 0.5) is 0 Å². The molecule has 6 nitrogen and oxygen atoms in total. The van der Waals surface area contributed by atoms with Crippen molar-refractivity contribution >= 4 is 22.7 Å². The molecule has 0 aliphatic heterocycles. The minimum Gasteiger partial charge on any atom is -0.422 e. The van der Waals surface area contributed by atoms with Crippen molar-refractivity contribution < 1.29 is 4.42 Å². The van der Waals surface area contributed by atoms with Crippen LogP contribution < -0.4 is 5.63 Å². The molecule has 0 amide bonds. The van der Waals surface area contributed by atoms with Crippen LogP contribution in [0, 0.1) is 13.8 Å². The summed E-state index contributed by atoms with van der Waals surface area (Å²) in [6, 6.07) is 5.56. The third kappa shape index (κ3) is 2.56. The molecule has 0 saturated carbocycles. The van der Waals surface area contributed by atoms with Crippen molar-refractivity contribution in [2.45, 2.75) is 24.8 Å². The molecular formula is C14H14N4O2S. The molecule has 0 radical (unpaired) electrons. The number of aromatic nitrogens is 4. The zero-order valence-electron chi connectivity index (χ0n) is 12.0. The van der Waals surface area contributed by atoms with Gasteiger partial charge in [0.2, 0.25) is 5.16 Å². The van der Waals surface area contributed by atoms with Crippen LogP contribution in [-0.2, 0) is 12.8 Å². The van der Waals surface area contributed by atoms with E-state index in [0.717, 1.165) is 22.1 Å². The Morgan fingerprint density at radius 2 is 2.14 bits per heavy atom. The Balaban J connectivity index is 2.04. The van der Waals surface area contributed by atoms with E-state index < -0.39 is 0 Å². The average Bonchev–Trinajstić information content (AvgIpc) is 2.86. The number of fused-ring (bicyclic) bond motifs is 1. The molecule has 0 N–H and O–H groups in total. The van der Waals surface area contributed by atoms with Gasteiger partial charge in [0.05, 0.1) is 0 Å². The summed E-state index contributed by atoms with van der Waals surface area (Å²) in [7, 11) is 1.79. The summed E-state index contributed by atoms with van der Waals surface area (Å²) in [4.78, 5) is 11.8. The highest BCUT2D eigenvalue weighted by Gasteiger charge is 2.11. The van der Waals surface area contributed by atoms with Crippen molar-refractivity contribution in [3.63, 3.8) is 0 Å². The molecule has 0 aliphatic rings. The van der Waals surface area contributed by atoms with Crippen molar-refractivity contribution in [1.29, 1.82) is 0 Å². The zero-order chi connectivity index (χ0) is 15.0. The number of nitrogens with zero attached hydrogens (tertiary/aromatic N) is 4. The van der Waals surface area contributed by atoms with E-state index in [1.807, 2.05) is 26.0 Å². The standard InChI is InChI=1S/C14H14N4O2S/c1-8-4-5-11-10(6-12(19)20-13(11)9(8)2)7-21-14-15-16-17-18(14)3/h4-6H,7H2,1-3H3. The third-order valence-electron chi connectivity index (χ3n) is 3.46. The van der Waals surface area contributed by atoms with Crippen molar-refractivity contribution in [1.82, 2.24) is 20.2 Å². The second kappa shape index (κ2) is 5.33. The molecule has 0 fully saturated rings. The lowest BCUT2D eigenvalue weighted by molar-refractivity contribution is 0.557. The molecule has 1 aromatic carbocycles. The Morgan fingerprint density at radius 3 is 2.86 bits per heavy atom. The molecular weight excluding hydrogens is 288 g/mol. The van der Waals surface area contributed by atoms with Gasteiger partial charge in [-0.3, -0.25) is 0 Å². The fraction of sp³-hybridized carbons (Fsp3) is 0.286. The van der Waals surface area contributed by atoms with Gasteiger partial charge in [-0.05, 0) is 41.0 Å². The van der Waals surface area contributed by atoms with E-state index in [2.05, 4.69) is 15.5 Å². The Labute approximate surface area is 125 Å². The lowest BCUT2D eigenvalue weighted by Gasteiger charge is -2.08. The average molecular weight is 302 g/mol. The van der Waals surface area contributed by atoms with Gasteiger partial charge in [-0.25, -0.2) is 9.48 Å². The van der Waals surface area contributed by atoms with Crippen molar-refractivity contribution in [3.8, 4) is 0 Å². The topological polar surface area (TPSA) is 73.8 Å². The molecule has 0 spiro atoms. The molecule has 0 atom stereocenters. The number of thioether (sulfide) groups is 1. The van der Waals surface area contributed by atoms with Gasteiger partial charge in [-0.15, -0.1) is 5.10 Å². The number of rotatable bonds is 3. The van der Waals surface area contributed by atoms with Crippen molar-refractivity contribution in [2.24, 2.45) is 7.05 Å². The largest absolute Gasteiger partial charge is 0.422 e. The molecule has 3 rings (SSSR count). The second-order valence-electron chi connectivity index (χ2n) is 4.85. The first-order valence-corrected chi connectivity index (χ1v) is 7.43. The first-order chi connectivity index (χ1) is 10.1. The van der Waals surface area contributed by atoms with E-state index in [1.165, 1.54) is 17.8 Å². The highest BCUT2D eigenvalue weighted by atomic mass is 32.2. The lowest BCUT2D eigenvalue weighted by Crippen LogP contribution is -2.02. The van der Waals surface area contributed by atoms with E-state index in [-0.39, 0.29) is 5.63 Å². The van der Waals surface area contributed by atoms with Gasteiger partial charge in [-0.1, -0.05) is 23.9 Å². The number of aryl methyl sites for hydroxylation is 3. The van der Waals surface area contributed by atoms with Crippen LogP contribution in [0.2, 0.25) is 0 Å². The fourth-order valence-corrected chi connectivity index (χ4v) is 2.97. The normalized spacial score (nSPS) is 11.2. The van der Waals surface area contributed by atoms with Gasteiger partial charge >= 0.3 is 5.63 Å². The second-order valence-corrected chi connectivity index (χ2v) is 5.79. The van der Waals surface area contributed by atoms with Gasteiger partial charge < -0.3 is 4.42 Å². The van der Waals surface area contributed by atoms with Crippen molar-refractivity contribution in [3.05, 3.63) is 45.3 Å². The fourth-order valence-electron chi connectivity index (χ4n) is 2.13. The number of benzene rings is 1. The van der Waals surface area contributed by atoms with Gasteiger partial charge in [0, 0.05) is 24.3 Å². The maximum atomic E-state index is 11.8. The first-order valence-electron chi connectivity index (χ1n) is 6.44. The molecule has 3 aromatic rings. The molecule has 0 unspecified atom stereocenters. The number of tetrazole rings is 1. The Bertz CT molecular complexity index is 869. The summed E-state index contributed by atoms with van der Waals surface area (Å²) in [5, 5.41) is 13.0. The summed E-state index contributed by atoms with van der Waals surface area (Å²) in [6.07, 6.45) is 0.